The maximum absolute atomic E-state index is 14.0. The van der Waals surface area contributed by atoms with Gasteiger partial charge in [-0.25, -0.2) is 18.2 Å². The molecule has 0 spiro atoms. The minimum absolute atomic E-state index is 0.125. The molecule has 1 aromatic carbocycles. The molecule has 0 radical (unpaired) electrons. The zero-order valence-corrected chi connectivity index (χ0v) is 21.3. The van der Waals surface area contributed by atoms with Crippen molar-refractivity contribution in [3.8, 4) is 0 Å². The summed E-state index contributed by atoms with van der Waals surface area (Å²) in [6, 6.07) is 4.57. The lowest BCUT2D eigenvalue weighted by atomic mass is 9.90. The second-order valence-electron chi connectivity index (χ2n) is 10.0. The van der Waals surface area contributed by atoms with Crippen LogP contribution in [0.3, 0.4) is 0 Å². The first-order valence-corrected chi connectivity index (χ1v) is 12.4. The first-order valence-electron chi connectivity index (χ1n) is 12.0. The Balaban J connectivity index is 1.52. The molecule has 1 aliphatic rings. The average Bonchev–Trinajstić information content (AvgIpc) is 3.21. The Bertz CT molecular complexity index is 1320. The van der Waals surface area contributed by atoms with E-state index in [0.29, 0.717) is 36.1 Å². The van der Waals surface area contributed by atoms with Gasteiger partial charge < -0.3 is 10.6 Å². The number of anilines is 1. The van der Waals surface area contributed by atoms with Crippen molar-refractivity contribution in [3.05, 3.63) is 52.4 Å². The predicted octanol–water partition coefficient (Wildman–Crippen LogP) is 6.94. The number of hydrogen-bond donors (Lipinski definition) is 2. The van der Waals surface area contributed by atoms with E-state index in [2.05, 4.69) is 20.7 Å². The standard InChI is InChI=1S/C25H26ClF6N5O/c1-24(2,29)12-37-11-17(21(36-37)22(27)28)23(38)34-15-5-3-4-14(9-15)33-19-10-20(25(30,31)32)35-18-7-6-13(26)8-16(18)19/h6-8,10-11,14-15,22H,3-5,9,12H2,1-2H3,(H,33,35)(H,34,38)/t14-,15+/m0/s1. The van der Waals surface area contributed by atoms with Crippen molar-refractivity contribution >= 4 is 34.1 Å². The van der Waals surface area contributed by atoms with Gasteiger partial charge in [0.1, 0.15) is 17.1 Å². The quantitative estimate of drug-likeness (QED) is 0.306. The van der Waals surface area contributed by atoms with Crippen LogP contribution < -0.4 is 10.6 Å². The van der Waals surface area contributed by atoms with Gasteiger partial charge in [-0.1, -0.05) is 11.6 Å². The Kier molecular flexibility index (Phi) is 7.83. The number of hydrogen-bond acceptors (Lipinski definition) is 4. The maximum atomic E-state index is 14.0. The first kappa shape index (κ1) is 28.0. The Morgan fingerprint density at radius 2 is 1.87 bits per heavy atom. The summed E-state index contributed by atoms with van der Waals surface area (Å²) in [7, 11) is 0. The smallest absolute Gasteiger partial charge is 0.382 e. The normalized spacial score (nSPS) is 18.7. The molecule has 6 nitrogen and oxygen atoms in total. The topological polar surface area (TPSA) is 71.8 Å². The molecule has 1 amide bonds. The minimum Gasteiger partial charge on any atom is -0.382 e. The number of fused-ring (bicyclic) bond motifs is 1. The summed E-state index contributed by atoms with van der Waals surface area (Å²) in [5.74, 6) is -0.769. The molecule has 0 aliphatic heterocycles. The van der Waals surface area contributed by atoms with E-state index < -0.39 is 41.6 Å². The molecule has 3 aromatic rings. The SMILES string of the molecule is CC(C)(F)Cn1cc(C(=O)N[C@@H]2CCC[C@H](Nc3cc(C(F)(F)F)nc4ccc(Cl)cc34)C2)c(C(F)F)n1. The number of amides is 1. The van der Waals surface area contributed by atoms with Gasteiger partial charge in [0.15, 0.2) is 0 Å². The van der Waals surface area contributed by atoms with Crippen LogP contribution in [0.2, 0.25) is 5.02 Å². The Morgan fingerprint density at radius 1 is 1.16 bits per heavy atom. The molecule has 13 heteroatoms. The zero-order valence-electron chi connectivity index (χ0n) is 20.5. The number of rotatable bonds is 7. The minimum atomic E-state index is -4.66. The number of carbonyl (C=O) groups is 1. The number of halogens is 7. The van der Waals surface area contributed by atoms with Crippen molar-refractivity contribution in [2.45, 2.75) is 76.4 Å². The largest absolute Gasteiger partial charge is 0.433 e. The van der Waals surface area contributed by atoms with E-state index in [1.165, 1.54) is 32.0 Å². The van der Waals surface area contributed by atoms with Crippen LogP contribution in [0.5, 0.6) is 0 Å². The highest BCUT2D eigenvalue weighted by Crippen LogP contribution is 2.35. The van der Waals surface area contributed by atoms with E-state index in [4.69, 9.17) is 11.6 Å². The molecular weight excluding hydrogens is 536 g/mol. The van der Waals surface area contributed by atoms with E-state index in [1.807, 2.05) is 0 Å². The summed E-state index contributed by atoms with van der Waals surface area (Å²) < 4.78 is 82.4. The fraction of sp³-hybridized carbons (Fsp3) is 0.480. The summed E-state index contributed by atoms with van der Waals surface area (Å²) in [6.07, 6.45) is -4.45. The molecule has 0 bridgehead atoms. The molecule has 0 saturated heterocycles. The number of benzene rings is 1. The summed E-state index contributed by atoms with van der Waals surface area (Å²) in [5.41, 5.74) is -3.53. The van der Waals surface area contributed by atoms with Gasteiger partial charge in [0.25, 0.3) is 12.3 Å². The number of aromatic nitrogens is 3. The lowest BCUT2D eigenvalue weighted by Crippen LogP contribution is -2.42. The van der Waals surface area contributed by atoms with Crippen molar-refractivity contribution in [3.63, 3.8) is 0 Å². The van der Waals surface area contributed by atoms with Crippen molar-refractivity contribution in [1.29, 1.82) is 0 Å². The monoisotopic (exact) mass is 561 g/mol. The number of nitrogens with one attached hydrogen (secondary N) is 2. The van der Waals surface area contributed by atoms with Gasteiger partial charge in [0, 0.05) is 34.4 Å². The Morgan fingerprint density at radius 3 is 2.53 bits per heavy atom. The summed E-state index contributed by atoms with van der Waals surface area (Å²) in [5, 5.41) is 10.3. The fourth-order valence-electron chi connectivity index (χ4n) is 4.64. The van der Waals surface area contributed by atoms with Crippen molar-refractivity contribution in [2.24, 2.45) is 0 Å². The third kappa shape index (κ3) is 6.69. The molecule has 4 rings (SSSR count). The van der Waals surface area contributed by atoms with Crippen LogP contribution in [0.4, 0.5) is 32.0 Å². The number of alkyl halides is 6. The Hall–Kier alpha value is -3.02. The van der Waals surface area contributed by atoms with Crippen LogP contribution in [0.15, 0.2) is 30.5 Å². The Labute approximate surface area is 219 Å². The molecule has 2 aromatic heterocycles. The highest BCUT2D eigenvalue weighted by molar-refractivity contribution is 6.31. The lowest BCUT2D eigenvalue weighted by molar-refractivity contribution is -0.140. The lowest BCUT2D eigenvalue weighted by Gasteiger charge is -2.31. The third-order valence-electron chi connectivity index (χ3n) is 6.21. The molecule has 1 aliphatic carbocycles. The molecular formula is C25H26ClF6N5O. The highest BCUT2D eigenvalue weighted by atomic mass is 35.5. The second kappa shape index (κ2) is 10.6. The molecule has 2 atom stereocenters. The molecule has 38 heavy (non-hydrogen) atoms. The van der Waals surface area contributed by atoms with Gasteiger partial charge in [0.2, 0.25) is 0 Å². The van der Waals surface area contributed by atoms with Crippen molar-refractivity contribution in [1.82, 2.24) is 20.1 Å². The summed E-state index contributed by atoms with van der Waals surface area (Å²) in [4.78, 5) is 16.6. The molecule has 2 heterocycles. The predicted molar refractivity (Wildman–Crippen MR) is 131 cm³/mol. The van der Waals surface area contributed by atoms with Crippen LogP contribution in [0.1, 0.15) is 67.7 Å². The van der Waals surface area contributed by atoms with Crippen LogP contribution in [0.25, 0.3) is 10.9 Å². The molecule has 206 valence electrons. The van der Waals surface area contributed by atoms with Crippen LogP contribution >= 0.6 is 11.6 Å². The highest BCUT2D eigenvalue weighted by Gasteiger charge is 2.34. The summed E-state index contributed by atoms with van der Waals surface area (Å²) >= 11 is 6.07. The number of pyridine rings is 1. The van der Waals surface area contributed by atoms with Gasteiger partial charge in [-0.15, -0.1) is 0 Å². The van der Waals surface area contributed by atoms with Crippen molar-refractivity contribution in [2.75, 3.05) is 5.32 Å². The number of nitrogens with zero attached hydrogens (tertiary/aromatic N) is 3. The average molecular weight is 562 g/mol. The van der Waals surface area contributed by atoms with E-state index in [9.17, 15) is 31.1 Å². The van der Waals surface area contributed by atoms with E-state index in [-0.39, 0.29) is 29.4 Å². The summed E-state index contributed by atoms with van der Waals surface area (Å²) in [6.45, 7) is 2.23. The van der Waals surface area contributed by atoms with Gasteiger partial charge in [-0.2, -0.15) is 18.3 Å². The fourth-order valence-corrected chi connectivity index (χ4v) is 4.81. The van der Waals surface area contributed by atoms with Gasteiger partial charge in [-0.05, 0) is 63.8 Å². The molecule has 0 unspecified atom stereocenters. The molecule has 1 saturated carbocycles. The van der Waals surface area contributed by atoms with Gasteiger partial charge in [0.05, 0.1) is 17.6 Å². The molecule has 1 fully saturated rings. The third-order valence-corrected chi connectivity index (χ3v) is 6.44. The second-order valence-corrected chi connectivity index (χ2v) is 10.5. The number of carbonyl (C=O) groups excluding carboxylic acids is 1. The van der Waals surface area contributed by atoms with Gasteiger partial charge >= 0.3 is 6.18 Å². The van der Waals surface area contributed by atoms with E-state index in [0.717, 1.165) is 16.9 Å². The van der Waals surface area contributed by atoms with Crippen LogP contribution in [-0.4, -0.2) is 38.4 Å². The van der Waals surface area contributed by atoms with Crippen molar-refractivity contribution < 1.29 is 31.1 Å². The van der Waals surface area contributed by atoms with E-state index >= 15 is 0 Å². The van der Waals surface area contributed by atoms with Gasteiger partial charge in [-0.3, -0.25) is 9.48 Å². The van der Waals surface area contributed by atoms with E-state index in [1.54, 1.807) is 0 Å². The first-order chi connectivity index (χ1) is 17.7. The van der Waals surface area contributed by atoms with Crippen LogP contribution in [0, 0.1) is 0 Å². The van der Waals surface area contributed by atoms with Crippen LogP contribution in [-0.2, 0) is 12.7 Å². The zero-order chi connectivity index (χ0) is 27.8. The molecule has 2 N–H and O–H groups in total. The maximum Gasteiger partial charge on any atom is 0.433 e.